The fourth-order valence-corrected chi connectivity index (χ4v) is 2.26. The van der Waals surface area contributed by atoms with Gasteiger partial charge in [0.2, 0.25) is 5.91 Å². The van der Waals surface area contributed by atoms with E-state index < -0.39 is 0 Å². The minimum absolute atomic E-state index is 0.117. The number of nitrogens with two attached hydrogens (primary N) is 1. The van der Waals surface area contributed by atoms with E-state index in [0.29, 0.717) is 16.5 Å². The molecule has 7 heteroatoms. The molecule has 0 atom stereocenters. The lowest BCUT2D eigenvalue weighted by Crippen LogP contribution is -2.16. The molecule has 0 saturated heterocycles. The fourth-order valence-electron chi connectivity index (χ4n) is 1.57. The first-order chi connectivity index (χ1) is 9.08. The fraction of sp³-hybridized carbons (Fsp3) is 0.250. The van der Waals surface area contributed by atoms with Gasteiger partial charge in [-0.1, -0.05) is 23.9 Å². The van der Waals surface area contributed by atoms with Gasteiger partial charge < -0.3 is 15.6 Å². The van der Waals surface area contributed by atoms with Gasteiger partial charge in [0.1, 0.15) is 6.33 Å². The van der Waals surface area contributed by atoms with Crippen molar-refractivity contribution in [3.05, 3.63) is 30.1 Å². The summed E-state index contributed by atoms with van der Waals surface area (Å²) in [4.78, 5) is 11.9. The molecular weight excluding hydrogens is 262 g/mol. The standard InChI is InChI=1S/C12H15N5OS/c1-8-4-3-5-9(13)11(8)15-10(18)6-19-12-16-14-7-17(12)2/h3-5,7H,6,13H2,1-2H3,(H,15,18). The van der Waals surface area contributed by atoms with Crippen LogP contribution in [0.1, 0.15) is 5.56 Å². The first kappa shape index (κ1) is 13.4. The average Bonchev–Trinajstić information content (AvgIpc) is 2.77. The first-order valence-corrected chi connectivity index (χ1v) is 6.68. The summed E-state index contributed by atoms with van der Waals surface area (Å²) in [6.07, 6.45) is 1.60. The molecule has 0 spiro atoms. The highest BCUT2D eigenvalue weighted by Crippen LogP contribution is 2.23. The summed E-state index contributed by atoms with van der Waals surface area (Å²) < 4.78 is 1.76. The van der Waals surface area contributed by atoms with Crippen LogP contribution in [0.5, 0.6) is 0 Å². The Labute approximate surface area is 115 Å². The number of thioether (sulfide) groups is 1. The van der Waals surface area contributed by atoms with Crippen molar-refractivity contribution in [2.45, 2.75) is 12.1 Å². The molecule has 0 bridgehead atoms. The second-order valence-corrected chi connectivity index (χ2v) is 5.04. The molecule has 2 aromatic rings. The topological polar surface area (TPSA) is 85.8 Å². The number of nitrogens with one attached hydrogen (secondary N) is 1. The van der Waals surface area contributed by atoms with Gasteiger partial charge in [-0.15, -0.1) is 10.2 Å². The Balaban J connectivity index is 1.97. The van der Waals surface area contributed by atoms with Gasteiger partial charge >= 0.3 is 0 Å². The third-order valence-electron chi connectivity index (χ3n) is 2.57. The van der Waals surface area contributed by atoms with Gasteiger partial charge in [0.05, 0.1) is 17.1 Å². The van der Waals surface area contributed by atoms with Crippen molar-refractivity contribution in [1.82, 2.24) is 14.8 Å². The van der Waals surface area contributed by atoms with Crippen LogP contribution >= 0.6 is 11.8 Å². The number of hydrogen-bond acceptors (Lipinski definition) is 5. The molecule has 0 aliphatic carbocycles. The number of carbonyl (C=O) groups is 1. The quantitative estimate of drug-likeness (QED) is 0.652. The van der Waals surface area contributed by atoms with Crippen LogP contribution < -0.4 is 11.1 Å². The zero-order valence-corrected chi connectivity index (χ0v) is 11.6. The predicted molar refractivity (Wildman–Crippen MR) is 75.9 cm³/mol. The van der Waals surface area contributed by atoms with Crippen molar-refractivity contribution in [1.29, 1.82) is 0 Å². The maximum Gasteiger partial charge on any atom is 0.234 e. The van der Waals surface area contributed by atoms with E-state index in [4.69, 9.17) is 5.73 Å². The summed E-state index contributed by atoms with van der Waals surface area (Å²) >= 11 is 1.33. The van der Waals surface area contributed by atoms with Crippen LogP contribution in [0.15, 0.2) is 29.7 Å². The van der Waals surface area contributed by atoms with E-state index in [1.165, 1.54) is 11.8 Å². The zero-order valence-electron chi connectivity index (χ0n) is 10.8. The van der Waals surface area contributed by atoms with Crippen molar-refractivity contribution in [3.8, 4) is 0 Å². The highest BCUT2D eigenvalue weighted by atomic mass is 32.2. The van der Waals surface area contributed by atoms with Crippen molar-refractivity contribution in [2.24, 2.45) is 7.05 Å². The molecule has 0 saturated carbocycles. The molecule has 19 heavy (non-hydrogen) atoms. The highest BCUT2D eigenvalue weighted by Gasteiger charge is 2.10. The number of anilines is 2. The second kappa shape index (κ2) is 5.75. The Bertz CT molecular complexity index is 575. The normalized spacial score (nSPS) is 10.4. The SMILES string of the molecule is Cc1cccc(N)c1NC(=O)CSc1nncn1C. The first-order valence-electron chi connectivity index (χ1n) is 5.69. The van der Waals surface area contributed by atoms with Crippen LogP contribution in [0.3, 0.4) is 0 Å². The molecule has 1 aromatic heterocycles. The largest absolute Gasteiger partial charge is 0.397 e. The Morgan fingerprint density at radius 1 is 1.53 bits per heavy atom. The van der Waals surface area contributed by atoms with Crippen LogP contribution in [-0.2, 0) is 11.8 Å². The van der Waals surface area contributed by atoms with E-state index in [2.05, 4.69) is 15.5 Å². The molecule has 0 unspecified atom stereocenters. The van der Waals surface area contributed by atoms with Gasteiger partial charge in [0, 0.05) is 7.05 Å². The molecule has 100 valence electrons. The van der Waals surface area contributed by atoms with Crippen molar-refractivity contribution >= 4 is 29.0 Å². The van der Waals surface area contributed by atoms with Crippen molar-refractivity contribution < 1.29 is 4.79 Å². The number of benzene rings is 1. The monoisotopic (exact) mass is 277 g/mol. The van der Waals surface area contributed by atoms with Gasteiger partial charge in [0.15, 0.2) is 5.16 Å². The summed E-state index contributed by atoms with van der Waals surface area (Å²) in [6.45, 7) is 1.90. The zero-order chi connectivity index (χ0) is 13.8. The maximum absolute atomic E-state index is 11.9. The number of nitrogens with zero attached hydrogens (tertiary/aromatic N) is 3. The van der Waals surface area contributed by atoms with Gasteiger partial charge in [-0.05, 0) is 18.6 Å². The van der Waals surface area contributed by atoms with E-state index in [9.17, 15) is 4.79 Å². The predicted octanol–water partition coefficient (Wildman–Crippen LogP) is 1.44. The number of para-hydroxylation sites is 1. The van der Waals surface area contributed by atoms with E-state index in [0.717, 1.165) is 5.56 Å². The van der Waals surface area contributed by atoms with Crippen molar-refractivity contribution in [2.75, 3.05) is 16.8 Å². The van der Waals surface area contributed by atoms with E-state index in [1.54, 1.807) is 17.0 Å². The number of amides is 1. The van der Waals surface area contributed by atoms with E-state index >= 15 is 0 Å². The lowest BCUT2D eigenvalue weighted by atomic mass is 10.1. The minimum Gasteiger partial charge on any atom is -0.397 e. The summed E-state index contributed by atoms with van der Waals surface area (Å²) in [5.41, 5.74) is 8.02. The summed E-state index contributed by atoms with van der Waals surface area (Å²) in [5, 5.41) is 11.2. The molecular formula is C12H15N5OS. The number of carbonyl (C=O) groups excluding carboxylic acids is 1. The molecule has 1 aromatic carbocycles. The Hall–Kier alpha value is -2.02. The van der Waals surface area contributed by atoms with Crippen LogP contribution in [0.4, 0.5) is 11.4 Å². The molecule has 2 rings (SSSR count). The van der Waals surface area contributed by atoms with E-state index in [1.807, 2.05) is 26.1 Å². The third-order valence-corrected chi connectivity index (χ3v) is 3.61. The molecule has 0 aliphatic heterocycles. The van der Waals surface area contributed by atoms with Crippen LogP contribution in [0, 0.1) is 6.92 Å². The Morgan fingerprint density at radius 3 is 2.95 bits per heavy atom. The molecule has 3 N–H and O–H groups in total. The maximum atomic E-state index is 11.9. The lowest BCUT2D eigenvalue weighted by Gasteiger charge is -2.10. The number of hydrogen-bond donors (Lipinski definition) is 2. The number of aromatic nitrogens is 3. The van der Waals surface area contributed by atoms with Crippen LogP contribution in [0.2, 0.25) is 0 Å². The van der Waals surface area contributed by atoms with Crippen molar-refractivity contribution in [3.63, 3.8) is 0 Å². The number of aryl methyl sites for hydroxylation is 2. The summed E-state index contributed by atoms with van der Waals surface area (Å²) in [5.74, 6) is 0.148. The summed E-state index contributed by atoms with van der Waals surface area (Å²) in [6, 6.07) is 5.52. The van der Waals surface area contributed by atoms with Crippen LogP contribution in [-0.4, -0.2) is 26.4 Å². The molecule has 0 radical (unpaired) electrons. The molecule has 1 amide bonds. The smallest absolute Gasteiger partial charge is 0.234 e. The molecule has 1 heterocycles. The van der Waals surface area contributed by atoms with Gasteiger partial charge in [-0.25, -0.2) is 0 Å². The summed E-state index contributed by atoms with van der Waals surface area (Å²) in [7, 11) is 1.83. The minimum atomic E-state index is -0.117. The van der Waals surface area contributed by atoms with Crippen LogP contribution in [0.25, 0.3) is 0 Å². The Kier molecular flexibility index (Phi) is 4.06. The number of rotatable bonds is 4. The molecule has 0 fully saturated rings. The third kappa shape index (κ3) is 3.25. The number of nitrogen functional groups attached to an aromatic ring is 1. The average molecular weight is 277 g/mol. The molecule has 6 nitrogen and oxygen atoms in total. The van der Waals surface area contributed by atoms with Gasteiger partial charge in [-0.2, -0.15) is 0 Å². The van der Waals surface area contributed by atoms with Gasteiger partial charge in [-0.3, -0.25) is 4.79 Å². The second-order valence-electron chi connectivity index (χ2n) is 4.10. The molecule has 0 aliphatic rings. The highest BCUT2D eigenvalue weighted by molar-refractivity contribution is 7.99. The van der Waals surface area contributed by atoms with Gasteiger partial charge in [0.25, 0.3) is 0 Å². The lowest BCUT2D eigenvalue weighted by molar-refractivity contribution is -0.113. The Morgan fingerprint density at radius 2 is 2.32 bits per heavy atom. The van der Waals surface area contributed by atoms with E-state index in [-0.39, 0.29) is 11.7 Å².